The van der Waals surface area contributed by atoms with Crippen LogP contribution in [-0.4, -0.2) is 55.3 Å². The fourth-order valence-corrected chi connectivity index (χ4v) is 5.15. The van der Waals surface area contributed by atoms with Crippen molar-refractivity contribution in [2.45, 2.75) is 4.21 Å². The minimum absolute atomic E-state index is 0.292. The smallest absolute Gasteiger partial charge is 0.252 e. The number of thiocarbonyl (C=S) groups is 1. The molecule has 5 nitrogen and oxygen atoms in total. The highest BCUT2D eigenvalue weighted by atomic mass is 35.5. The molecule has 0 saturated carbocycles. The van der Waals surface area contributed by atoms with E-state index in [-0.39, 0.29) is 0 Å². The molecule has 9 heteroatoms. The summed E-state index contributed by atoms with van der Waals surface area (Å²) in [4.78, 5) is 2.48. The van der Waals surface area contributed by atoms with Crippen molar-refractivity contribution in [1.29, 1.82) is 0 Å². The highest BCUT2D eigenvalue weighted by Gasteiger charge is 2.29. The van der Waals surface area contributed by atoms with Crippen LogP contribution < -0.4 is 5.73 Å². The highest BCUT2D eigenvalue weighted by Crippen LogP contribution is 2.28. The maximum absolute atomic E-state index is 12.3. The monoisotopic (exact) mass is 339 g/mol. The zero-order valence-corrected chi connectivity index (χ0v) is 13.3. The van der Waals surface area contributed by atoms with Gasteiger partial charge in [-0.15, -0.1) is 11.3 Å². The number of thiophene rings is 1. The van der Waals surface area contributed by atoms with Gasteiger partial charge in [0.25, 0.3) is 10.0 Å². The Kier molecular flexibility index (Phi) is 4.80. The van der Waals surface area contributed by atoms with Gasteiger partial charge in [-0.1, -0.05) is 23.8 Å². The second-order valence-corrected chi connectivity index (χ2v) is 8.61. The predicted octanol–water partition coefficient (Wildman–Crippen LogP) is 0.994. The Morgan fingerprint density at radius 2 is 2.00 bits per heavy atom. The standard InChI is InChI=1S/C10H14ClN3O2S3/c11-8-1-2-10(18-8)19(15,16)14-5-3-13(4-6-14)7-9(12)17/h1-2H,3-7H2,(H2,12,17). The lowest BCUT2D eigenvalue weighted by Gasteiger charge is -2.33. The lowest BCUT2D eigenvalue weighted by molar-refractivity contribution is 0.210. The van der Waals surface area contributed by atoms with Crippen LogP contribution in [0.1, 0.15) is 0 Å². The average molecular weight is 340 g/mol. The molecule has 0 atom stereocenters. The SMILES string of the molecule is NC(=S)CN1CCN(S(=O)(=O)c2ccc(Cl)s2)CC1. The van der Waals surface area contributed by atoms with Crippen molar-refractivity contribution in [3.8, 4) is 0 Å². The Hall–Kier alpha value is -0.250. The number of hydrogen-bond donors (Lipinski definition) is 1. The number of nitrogens with zero attached hydrogens (tertiary/aromatic N) is 2. The molecule has 0 aliphatic carbocycles. The van der Waals surface area contributed by atoms with E-state index in [4.69, 9.17) is 29.6 Å². The average Bonchev–Trinajstić information content (AvgIpc) is 2.76. The third-order valence-corrected chi connectivity index (χ3v) is 6.58. The Morgan fingerprint density at radius 1 is 1.37 bits per heavy atom. The van der Waals surface area contributed by atoms with Crippen LogP contribution in [0.15, 0.2) is 16.3 Å². The van der Waals surface area contributed by atoms with Crippen LogP contribution in [0.2, 0.25) is 4.34 Å². The number of piperazine rings is 1. The van der Waals surface area contributed by atoms with E-state index in [1.165, 1.54) is 4.31 Å². The molecule has 1 aliphatic rings. The second-order valence-electron chi connectivity index (χ2n) is 4.21. The van der Waals surface area contributed by atoms with Crippen LogP contribution in [0.4, 0.5) is 0 Å². The van der Waals surface area contributed by atoms with Gasteiger partial charge in [-0.05, 0) is 12.1 Å². The molecule has 0 spiro atoms. The van der Waals surface area contributed by atoms with Crippen LogP contribution in [0.5, 0.6) is 0 Å². The largest absolute Gasteiger partial charge is 0.392 e. The Balaban J connectivity index is 2.03. The minimum atomic E-state index is -3.42. The molecule has 1 aromatic rings. The molecule has 1 aromatic heterocycles. The van der Waals surface area contributed by atoms with E-state index in [2.05, 4.69) is 4.90 Å². The number of hydrogen-bond acceptors (Lipinski definition) is 5. The van der Waals surface area contributed by atoms with Crippen LogP contribution in [0.25, 0.3) is 0 Å². The van der Waals surface area contributed by atoms with Crippen LogP contribution in [0, 0.1) is 0 Å². The molecule has 0 aromatic carbocycles. The van der Waals surface area contributed by atoms with E-state index < -0.39 is 10.0 Å². The molecule has 0 unspecified atom stereocenters. The quantitative estimate of drug-likeness (QED) is 0.829. The van der Waals surface area contributed by atoms with Gasteiger partial charge in [0.15, 0.2) is 0 Å². The van der Waals surface area contributed by atoms with E-state index in [0.29, 0.717) is 46.3 Å². The van der Waals surface area contributed by atoms with Crippen molar-refractivity contribution < 1.29 is 8.42 Å². The first-order chi connectivity index (χ1) is 8.89. The summed E-state index contributed by atoms with van der Waals surface area (Å²) in [5.41, 5.74) is 5.48. The van der Waals surface area contributed by atoms with E-state index in [0.717, 1.165) is 11.3 Å². The Labute approximate surface area is 127 Å². The summed E-state index contributed by atoms with van der Waals surface area (Å²) in [7, 11) is -3.42. The van der Waals surface area contributed by atoms with Crippen LogP contribution in [0.3, 0.4) is 0 Å². The molecular formula is C10H14ClN3O2S3. The van der Waals surface area contributed by atoms with Gasteiger partial charge in [-0.25, -0.2) is 8.42 Å². The van der Waals surface area contributed by atoms with E-state index in [9.17, 15) is 8.42 Å². The molecule has 19 heavy (non-hydrogen) atoms. The zero-order chi connectivity index (χ0) is 14.0. The van der Waals surface area contributed by atoms with Gasteiger partial charge >= 0.3 is 0 Å². The van der Waals surface area contributed by atoms with Gasteiger partial charge < -0.3 is 5.73 Å². The third kappa shape index (κ3) is 3.65. The number of halogens is 1. The molecule has 106 valence electrons. The number of rotatable bonds is 4. The Bertz CT molecular complexity index is 564. The predicted molar refractivity (Wildman–Crippen MR) is 81.3 cm³/mol. The van der Waals surface area contributed by atoms with Crippen molar-refractivity contribution in [2.75, 3.05) is 32.7 Å². The second kappa shape index (κ2) is 6.02. The molecule has 0 bridgehead atoms. The molecule has 1 saturated heterocycles. The molecule has 2 rings (SSSR count). The molecule has 0 radical (unpaired) electrons. The summed E-state index contributed by atoms with van der Waals surface area (Å²) >= 11 is 11.7. The number of sulfonamides is 1. The van der Waals surface area contributed by atoms with Gasteiger partial charge in [0, 0.05) is 32.7 Å². The number of nitrogens with two attached hydrogens (primary N) is 1. The summed E-state index contributed by atoms with van der Waals surface area (Å²) < 4.78 is 26.9. The summed E-state index contributed by atoms with van der Waals surface area (Å²) in [6.45, 7) is 2.69. The van der Waals surface area contributed by atoms with Crippen molar-refractivity contribution in [1.82, 2.24) is 9.21 Å². The zero-order valence-electron chi connectivity index (χ0n) is 10.1. The molecule has 1 aliphatic heterocycles. The summed E-state index contributed by atoms with van der Waals surface area (Å²) in [5.74, 6) is 0. The van der Waals surface area contributed by atoms with E-state index >= 15 is 0 Å². The lowest BCUT2D eigenvalue weighted by atomic mass is 10.3. The molecule has 1 fully saturated rings. The topological polar surface area (TPSA) is 66.6 Å². The van der Waals surface area contributed by atoms with Crippen molar-refractivity contribution >= 4 is 50.2 Å². The summed E-state index contributed by atoms with van der Waals surface area (Å²) in [6, 6.07) is 3.14. The lowest BCUT2D eigenvalue weighted by Crippen LogP contribution is -2.50. The van der Waals surface area contributed by atoms with Gasteiger partial charge in [0.2, 0.25) is 0 Å². The maximum Gasteiger partial charge on any atom is 0.252 e. The molecular weight excluding hydrogens is 326 g/mol. The summed E-state index contributed by atoms with van der Waals surface area (Å²) in [6.07, 6.45) is 0. The normalized spacial score (nSPS) is 18.6. The first kappa shape index (κ1) is 15.1. The highest BCUT2D eigenvalue weighted by molar-refractivity contribution is 7.91. The van der Waals surface area contributed by atoms with E-state index in [1.54, 1.807) is 12.1 Å². The van der Waals surface area contributed by atoms with Gasteiger partial charge in [0.1, 0.15) is 4.21 Å². The van der Waals surface area contributed by atoms with Crippen molar-refractivity contribution in [2.24, 2.45) is 5.73 Å². The van der Waals surface area contributed by atoms with Crippen molar-refractivity contribution in [3.05, 3.63) is 16.5 Å². The molecule has 2 heterocycles. The summed E-state index contributed by atoms with van der Waals surface area (Å²) in [5, 5.41) is 0. The Morgan fingerprint density at radius 3 is 2.47 bits per heavy atom. The third-order valence-electron chi connectivity index (χ3n) is 2.85. The molecule has 0 amide bonds. The first-order valence-electron chi connectivity index (χ1n) is 5.66. The molecule has 2 N–H and O–H groups in total. The maximum atomic E-state index is 12.3. The first-order valence-corrected chi connectivity index (χ1v) is 8.70. The van der Waals surface area contributed by atoms with E-state index in [1.807, 2.05) is 0 Å². The van der Waals surface area contributed by atoms with Gasteiger partial charge in [-0.2, -0.15) is 4.31 Å². The van der Waals surface area contributed by atoms with Gasteiger partial charge in [-0.3, -0.25) is 4.90 Å². The fourth-order valence-electron chi connectivity index (χ4n) is 1.91. The van der Waals surface area contributed by atoms with Crippen LogP contribution >= 0.6 is 35.2 Å². The van der Waals surface area contributed by atoms with Crippen molar-refractivity contribution in [3.63, 3.8) is 0 Å². The van der Waals surface area contributed by atoms with Gasteiger partial charge in [0.05, 0.1) is 9.32 Å². The minimum Gasteiger partial charge on any atom is -0.392 e. The van der Waals surface area contributed by atoms with Crippen LogP contribution in [-0.2, 0) is 10.0 Å². The fraction of sp³-hybridized carbons (Fsp3) is 0.500.